The molecule has 188 valence electrons. The zero-order valence-electron chi connectivity index (χ0n) is 21.8. The number of aryl methyl sites for hydroxylation is 1. The van der Waals surface area contributed by atoms with Crippen molar-refractivity contribution in [1.82, 2.24) is 4.90 Å². The summed E-state index contributed by atoms with van der Waals surface area (Å²) in [6, 6.07) is 16.9. The number of methoxy groups -OCH3 is 1. The van der Waals surface area contributed by atoms with Gasteiger partial charge in [-0.2, -0.15) is 0 Å². The van der Waals surface area contributed by atoms with Gasteiger partial charge in [-0.25, -0.2) is 4.99 Å². The van der Waals surface area contributed by atoms with Gasteiger partial charge in [0.1, 0.15) is 5.75 Å². The Balaban J connectivity index is 1.60. The molecule has 0 unspecified atom stereocenters. The van der Waals surface area contributed by atoms with Gasteiger partial charge in [0.05, 0.1) is 7.11 Å². The van der Waals surface area contributed by atoms with Crippen molar-refractivity contribution in [1.29, 1.82) is 0 Å². The van der Waals surface area contributed by atoms with Crippen LogP contribution in [0.25, 0.3) is 6.08 Å². The van der Waals surface area contributed by atoms with Gasteiger partial charge in [0.25, 0.3) is 5.91 Å². The van der Waals surface area contributed by atoms with Crippen molar-refractivity contribution in [2.45, 2.75) is 59.4 Å². The number of unbranched alkanes of at least 4 members (excludes halogenated alkanes) is 2. The number of carbonyl (C=O) groups excluding carboxylic acids is 1. The lowest BCUT2D eigenvalue weighted by Gasteiger charge is -2.20. The van der Waals surface area contributed by atoms with E-state index in [0.29, 0.717) is 18.3 Å². The Hall–Kier alpha value is -3.28. The molecule has 0 atom stereocenters. The number of carbonyl (C=O) groups is 1. The third-order valence-electron chi connectivity index (χ3n) is 6.08. The van der Waals surface area contributed by atoms with E-state index in [1.54, 1.807) is 12.0 Å². The third kappa shape index (κ3) is 7.35. The van der Waals surface area contributed by atoms with Crippen LogP contribution >= 0.6 is 0 Å². The predicted molar refractivity (Wildman–Crippen MR) is 144 cm³/mol. The normalized spacial score (nSPS) is 15.8. The summed E-state index contributed by atoms with van der Waals surface area (Å²) in [5.41, 5.74) is 3.41. The van der Waals surface area contributed by atoms with Gasteiger partial charge in [-0.15, -0.1) is 0 Å². The van der Waals surface area contributed by atoms with E-state index in [2.05, 4.69) is 48.0 Å². The van der Waals surface area contributed by atoms with Crippen LogP contribution in [0.1, 0.15) is 58.1 Å². The topological polar surface area (TPSA) is 54.4 Å². The molecule has 1 fully saturated rings. The number of amidine groups is 1. The van der Waals surface area contributed by atoms with Crippen LogP contribution in [0.4, 0.5) is 5.69 Å². The third-order valence-corrected chi connectivity index (χ3v) is 6.08. The van der Waals surface area contributed by atoms with Crippen molar-refractivity contribution >= 4 is 23.7 Å². The highest BCUT2D eigenvalue weighted by atomic mass is 16.5. The van der Waals surface area contributed by atoms with Crippen LogP contribution < -0.4 is 9.64 Å². The summed E-state index contributed by atoms with van der Waals surface area (Å²) in [6.45, 7) is 10.8. The van der Waals surface area contributed by atoms with Crippen LogP contribution in [0.3, 0.4) is 0 Å². The van der Waals surface area contributed by atoms with Gasteiger partial charge in [-0.05, 0) is 88.4 Å². The summed E-state index contributed by atoms with van der Waals surface area (Å²) in [5, 5.41) is 0. The molecule has 35 heavy (non-hydrogen) atoms. The molecule has 0 N–H and O–H groups in total. The zero-order valence-corrected chi connectivity index (χ0v) is 21.8. The number of benzene rings is 2. The number of hydrogen-bond acceptors (Lipinski definition) is 5. The Morgan fingerprint density at radius 1 is 1.00 bits per heavy atom. The van der Waals surface area contributed by atoms with Gasteiger partial charge in [0, 0.05) is 31.4 Å². The van der Waals surface area contributed by atoms with Gasteiger partial charge in [0.2, 0.25) is 0 Å². The average molecular weight is 478 g/mol. The summed E-state index contributed by atoms with van der Waals surface area (Å²) in [5.74, 6) is 1.09. The Kier molecular flexibility index (Phi) is 9.76. The van der Waals surface area contributed by atoms with Crippen molar-refractivity contribution in [3.63, 3.8) is 0 Å². The minimum atomic E-state index is -0.118. The van der Waals surface area contributed by atoms with Gasteiger partial charge in [-0.1, -0.05) is 30.7 Å². The molecule has 3 rings (SSSR count). The van der Waals surface area contributed by atoms with E-state index in [1.165, 1.54) is 11.3 Å². The molecule has 2 aromatic carbocycles. The second-order valence-corrected chi connectivity index (χ2v) is 9.00. The molecular formula is C29H39N3O3. The van der Waals surface area contributed by atoms with Crippen molar-refractivity contribution in [3.8, 4) is 5.75 Å². The Labute approximate surface area is 210 Å². The molecule has 0 spiro atoms. The second kappa shape index (κ2) is 13.0. The number of anilines is 1. The maximum Gasteiger partial charge on any atom is 0.300 e. The smallest absolute Gasteiger partial charge is 0.300 e. The highest BCUT2D eigenvalue weighted by Gasteiger charge is 2.34. The monoisotopic (exact) mass is 477 g/mol. The summed E-state index contributed by atoms with van der Waals surface area (Å²) in [6.07, 6.45) is 5.81. The fourth-order valence-corrected chi connectivity index (χ4v) is 4.11. The van der Waals surface area contributed by atoms with Crippen molar-refractivity contribution < 1.29 is 14.3 Å². The first-order chi connectivity index (χ1) is 16.9. The van der Waals surface area contributed by atoms with Crippen LogP contribution in [0.2, 0.25) is 0 Å². The van der Waals surface area contributed by atoms with Gasteiger partial charge in [0.15, 0.2) is 5.76 Å². The Bertz CT molecular complexity index is 1010. The maximum absolute atomic E-state index is 13.1. The molecule has 1 amide bonds. The molecule has 0 aliphatic carbocycles. The minimum Gasteiger partial charge on any atom is -0.497 e. The average Bonchev–Trinajstić information content (AvgIpc) is 3.14. The number of hydrogen-bond donors (Lipinski definition) is 0. The van der Waals surface area contributed by atoms with Crippen LogP contribution in [-0.2, 0) is 16.0 Å². The summed E-state index contributed by atoms with van der Waals surface area (Å²) >= 11 is 0. The van der Waals surface area contributed by atoms with Crippen LogP contribution in [0.5, 0.6) is 5.75 Å². The van der Waals surface area contributed by atoms with E-state index in [0.717, 1.165) is 50.1 Å². The lowest BCUT2D eigenvalue weighted by Crippen LogP contribution is -2.31. The van der Waals surface area contributed by atoms with Gasteiger partial charge in [-0.3, -0.25) is 9.69 Å². The van der Waals surface area contributed by atoms with Gasteiger partial charge < -0.3 is 14.4 Å². The summed E-state index contributed by atoms with van der Waals surface area (Å²) in [4.78, 5) is 21.7. The number of aliphatic imine (C=N–C) groups is 1. The molecule has 0 aromatic heterocycles. The summed E-state index contributed by atoms with van der Waals surface area (Å²) < 4.78 is 11.2. The summed E-state index contributed by atoms with van der Waals surface area (Å²) in [7, 11) is 1.68. The molecule has 0 radical (unpaired) electrons. The van der Waals surface area contributed by atoms with Gasteiger partial charge >= 0.3 is 6.02 Å². The molecule has 1 saturated heterocycles. The lowest BCUT2D eigenvalue weighted by atomic mass is 10.1. The van der Waals surface area contributed by atoms with E-state index in [9.17, 15) is 4.79 Å². The number of ether oxygens (including phenoxy) is 2. The Morgan fingerprint density at radius 2 is 1.69 bits per heavy atom. The standard InChI is InChI=1S/C29H39N3O3/c1-6-31(7-2)25-16-12-24(13-17-25)21-27-28(33)32(29(35-27)30-22(3)4)20-10-8-9-11-23-14-18-26(34-5)19-15-23/h12-19,21-22H,6-11,20H2,1-5H3/b27-21+,30-29?. The molecule has 1 aliphatic rings. The molecule has 0 bridgehead atoms. The minimum absolute atomic E-state index is 0.0445. The van der Waals surface area contributed by atoms with Crippen molar-refractivity contribution in [3.05, 3.63) is 65.4 Å². The first-order valence-corrected chi connectivity index (χ1v) is 12.7. The van der Waals surface area contributed by atoms with E-state index in [4.69, 9.17) is 9.47 Å². The lowest BCUT2D eigenvalue weighted by molar-refractivity contribution is -0.122. The molecule has 1 aliphatic heterocycles. The highest BCUT2D eigenvalue weighted by Crippen LogP contribution is 2.23. The highest BCUT2D eigenvalue weighted by molar-refractivity contribution is 6.11. The van der Waals surface area contributed by atoms with E-state index >= 15 is 0 Å². The largest absolute Gasteiger partial charge is 0.497 e. The molecule has 6 nitrogen and oxygen atoms in total. The predicted octanol–water partition coefficient (Wildman–Crippen LogP) is 5.92. The molecule has 2 aromatic rings. The maximum atomic E-state index is 13.1. The van der Waals surface area contributed by atoms with Crippen molar-refractivity contribution in [2.24, 2.45) is 4.99 Å². The number of nitrogens with zero attached hydrogens (tertiary/aromatic N) is 3. The van der Waals surface area contributed by atoms with Crippen LogP contribution in [-0.4, -0.2) is 49.6 Å². The quantitative estimate of drug-likeness (QED) is 0.281. The second-order valence-electron chi connectivity index (χ2n) is 9.00. The molecule has 0 saturated carbocycles. The number of rotatable bonds is 12. The Morgan fingerprint density at radius 3 is 2.29 bits per heavy atom. The van der Waals surface area contributed by atoms with Crippen molar-refractivity contribution in [2.75, 3.05) is 31.6 Å². The first-order valence-electron chi connectivity index (χ1n) is 12.7. The first kappa shape index (κ1) is 26.3. The SMILES string of the molecule is CCN(CC)c1ccc(/C=C2/OC(=NC(C)C)N(CCCCCc3ccc(OC)cc3)C2=O)cc1. The molecule has 6 heteroatoms. The van der Waals surface area contributed by atoms with E-state index in [-0.39, 0.29) is 11.9 Å². The number of amides is 1. The zero-order chi connectivity index (χ0) is 25.2. The van der Waals surface area contributed by atoms with E-state index < -0.39 is 0 Å². The van der Waals surface area contributed by atoms with E-state index in [1.807, 2.05) is 44.2 Å². The van der Waals surface area contributed by atoms with Crippen LogP contribution in [0, 0.1) is 0 Å². The molecule has 1 heterocycles. The van der Waals surface area contributed by atoms with Crippen LogP contribution in [0.15, 0.2) is 59.3 Å². The fourth-order valence-electron chi connectivity index (χ4n) is 4.11. The fraction of sp³-hybridized carbons (Fsp3) is 0.448. The molecular weight excluding hydrogens is 438 g/mol.